The summed E-state index contributed by atoms with van der Waals surface area (Å²) in [5, 5.41) is 59.8. The van der Waals surface area contributed by atoms with E-state index in [1.54, 1.807) is 0 Å². The van der Waals surface area contributed by atoms with Gasteiger partial charge in [-0.2, -0.15) is 0 Å². The van der Waals surface area contributed by atoms with Crippen LogP contribution in [0.3, 0.4) is 0 Å². The molecule has 2 saturated heterocycles. The van der Waals surface area contributed by atoms with Gasteiger partial charge >= 0.3 is 0 Å². The maximum Gasteiger partial charge on any atom is 0.229 e. The molecule has 0 bridgehead atoms. The average molecular weight is 446 g/mol. The molecule has 0 amide bonds. The summed E-state index contributed by atoms with van der Waals surface area (Å²) in [6, 6.07) is 4.36. The van der Waals surface area contributed by atoms with Gasteiger partial charge in [-0.25, -0.2) is 0 Å². The van der Waals surface area contributed by atoms with Crippen LogP contribution in [0.25, 0.3) is 0 Å². The van der Waals surface area contributed by atoms with Crippen molar-refractivity contribution in [3.8, 4) is 11.5 Å². The van der Waals surface area contributed by atoms with Gasteiger partial charge in [0.2, 0.25) is 6.29 Å². The highest BCUT2D eigenvalue weighted by Crippen LogP contribution is 2.29. The van der Waals surface area contributed by atoms with Gasteiger partial charge in [-0.1, -0.05) is 0 Å². The summed E-state index contributed by atoms with van der Waals surface area (Å²) in [6.45, 7) is -0.706. The van der Waals surface area contributed by atoms with Crippen LogP contribution in [0.5, 0.6) is 11.5 Å². The first-order valence-corrected chi connectivity index (χ1v) is 9.53. The van der Waals surface area contributed by atoms with Gasteiger partial charge in [0.1, 0.15) is 54.2 Å². The molecular formula is C19H26O12. The van der Waals surface area contributed by atoms with Crippen LogP contribution in [0.15, 0.2) is 18.2 Å². The van der Waals surface area contributed by atoms with Crippen LogP contribution in [-0.2, 0) is 14.2 Å². The van der Waals surface area contributed by atoms with E-state index in [1.165, 1.54) is 25.3 Å². The van der Waals surface area contributed by atoms with E-state index in [4.69, 9.17) is 23.7 Å². The summed E-state index contributed by atoms with van der Waals surface area (Å²) in [6.07, 6.45) is -12.8. The molecule has 0 spiro atoms. The largest absolute Gasteiger partial charge is 0.497 e. The fourth-order valence-electron chi connectivity index (χ4n) is 3.23. The quantitative estimate of drug-likeness (QED) is 0.236. The lowest BCUT2D eigenvalue weighted by molar-refractivity contribution is -0.307. The molecule has 2 aliphatic rings. The second kappa shape index (κ2) is 10.2. The third kappa shape index (κ3) is 5.14. The second-order valence-corrected chi connectivity index (χ2v) is 7.24. The van der Waals surface area contributed by atoms with Gasteiger partial charge in [-0.15, -0.1) is 0 Å². The smallest absolute Gasteiger partial charge is 0.229 e. The number of aliphatic hydroxyl groups is 6. The molecule has 1 aromatic carbocycles. The Hall–Kier alpha value is -1.87. The molecule has 2 aliphatic heterocycles. The molecule has 0 aromatic heterocycles. The van der Waals surface area contributed by atoms with Crippen LogP contribution in [0.1, 0.15) is 10.4 Å². The van der Waals surface area contributed by atoms with Crippen molar-refractivity contribution in [3.05, 3.63) is 23.8 Å². The molecule has 174 valence electrons. The Morgan fingerprint density at radius 1 is 1.00 bits per heavy atom. The van der Waals surface area contributed by atoms with Crippen LogP contribution >= 0.6 is 0 Å². The number of hydrogen-bond donors (Lipinski definition) is 6. The Morgan fingerprint density at radius 2 is 1.71 bits per heavy atom. The molecule has 0 radical (unpaired) electrons. The maximum absolute atomic E-state index is 11.3. The van der Waals surface area contributed by atoms with Crippen molar-refractivity contribution in [1.82, 2.24) is 0 Å². The van der Waals surface area contributed by atoms with Crippen molar-refractivity contribution in [2.75, 3.05) is 20.3 Å². The normalized spacial score (nSPS) is 38.5. The highest BCUT2D eigenvalue weighted by atomic mass is 16.7. The standard InChI is InChI=1S/C19H26O12/c1-27-9-3-2-8(5-20)11(4-9)30-19-17(26)15(24)14(23)12(31-19)7-29-18-16(25)13(22)10(21)6-28-18/h2-5,10,12-19,21-26H,6-7H2,1H3/t10-,12-,13+,14-,15-,16+,17+,18+,19-/m0/s1. The minimum atomic E-state index is -1.68. The summed E-state index contributed by atoms with van der Waals surface area (Å²) in [7, 11) is 1.41. The zero-order valence-corrected chi connectivity index (χ0v) is 16.6. The molecule has 1 aromatic rings. The minimum absolute atomic E-state index is 0.0183. The first kappa shape index (κ1) is 23.8. The van der Waals surface area contributed by atoms with E-state index in [-0.39, 0.29) is 17.9 Å². The highest BCUT2D eigenvalue weighted by Gasteiger charge is 2.46. The SMILES string of the molecule is COc1ccc(C=O)c(O[C@H]2O[C@@H](CO[C@H]3OC[C@H](O)[C@@H](O)[C@H]3O)[C@H](O)[C@H](O)[C@H]2O)c1. The molecule has 6 N–H and O–H groups in total. The van der Waals surface area contributed by atoms with Crippen LogP contribution < -0.4 is 9.47 Å². The van der Waals surface area contributed by atoms with Gasteiger partial charge in [-0.3, -0.25) is 4.79 Å². The summed E-state index contributed by atoms with van der Waals surface area (Å²) in [5.74, 6) is 0.389. The van der Waals surface area contributed by atoms with Crippen molar-refractivity contribution in [3.63, 3.8) is 0 Å². The number of hydrogen-bond acceptors (Lipinski definition) is 12. The summed E-state index contributed by atoms with van der Waals surface area (Å²) in [5.41, 5.74) is 0.135. The van der Waals surface area contributed by atoms with Crippen LogP contribution in [-0.4, -0.2) is 113 Å². The third-order valence-electron chi connectivity index (χ3n) is 5.14. The molecule has 2 heterocycles. The van der Waals surface area contributed by atoms with Gasteiger partial charge < -0.3 is 54.3 Å². The van der Waals surface area contributed by atoms with E-state index in [0.29, 0.717) is 12.0 Å². The fourth-order valence-corrected chi connectivity index (χ4v) is 3.23. The topological polar surface area (TPSA) is 185 Å². The number of methoxy groups -OCH3 is 1. The van der Waals surface area contributed by atoms with Crippen molar-refractivity contribution in [2.24, 2.45) is 0 Å². The number of carbonyl (C=O) groups is 1. The lowest BCUT2D eigenvalue weighted by Crippen LogP contribution is -2.61. The number of ether oxygens (including phenoxy) is 5. The van der Waals surface area contributed by atoms with E-state index < -0.39 is 61.9 Å². The van der Waals surface area contributed by atoms with Crippen LogP contribution in [0, 0.1) is 0 Å². The van der Waals surface area contributed by atoms with E-state index in [2.05, 4.69) is 0 Å². The van der Waals surface area contributed by atoms with Gasteiger partial charge in [0.15, 0.2) is 12.6 Å². The molecule has 12 heteroatoms. The second-order valence-electron chi connectivity index (χ2n) is 7.24. The number of carbonyl (C=O) groups excluding carboxylic acids is 1. The lowest BCUT2D eigenvalue weighted by Gasteiger charge is -2.41. The zero-order valence-electron chi connectivity index (χ0n) is 16.6. The monoisotopic (exact) mass is 446 g/mol. The van der Waals surface area contributed by atoms with Gasteiger partial charge in [-0.05, 0) is 12.1 Å². The Balaban J connectivity index is 1.69. The van der Waals surface area contributed by atoms with E-state index in [0.717, 1.165) is 0 Å². The lowest BCUT2D eigenvalue weighted by atomic mass is 9.99. The van der Waals surface area contributed by atoms with Crippen molar-refractivity contribution >= 4 is 6.29 Å². The number of aldehydes is 1. The predicted octanol–water partition coefficient (Wildman–Crippen LogP) is -2.85. The van der Waals surface area contributed by atoms with E-state index >= 15 is 0 Å². The average Bonchev–Trinajstić information content (AvgIpc) is 2.78. The number of aliphatic hydroxyl groups excluding tert-OH is 6. The molecule has 9 atom stereocenters. The van der Waals surface area contributed by atoms with Crippen LogP contribution in [0.4, 0.5) is 0 Å². The Labute approximate surface area is 177 Å². The Morgan fingerprint density at radius 3 is 2.39 bits per heavy atom. The summed E-state index contributed by atoms with van der Waals surface area (Å²) < 4.78 is 26.6. The molecule has 0 saturated carbocycles. The molecule has 31 heavy (non-hydrogen) atoms. The van der Waals surface area contributed by atoms with Gasteiger partial charge in [0.05, 0.1) is 25.9 Å². The van der Waals surface area contributed by atoms with Gasteiger partial charge in [0.25, 0.3) is 0 Å². The van der Waals surface area contributed by atoms with Gasteiger partial charge in [0, 0.05) is 6.07 Å². The van der Waals surface area contributed by atoms with E-state index in [9.17, 15) is 35.4 Å². The molecule has 0 unspecified atom stereocenters. The molecule has 3 rings (SSSR count). The Kier molecular flexibility index (Phi) is 7.80. The van der Waals surface area contributed by atoms with Crippen LogP contribution in [0.2, 0.25) is 0 Å². The third-order valence-corrected chi connectivity index (χ3v) is 5.14. The fraction of sp³-hybridized carbons (Fsp3) is 0.632. The van der Waals surface area contributed by atoms with E-state index in [1.807, 2.05) is 0 Å². The summed E-state index contributed by atoms with van der Waals surface area (Å²) in [4.78, 5) is 11.3. The molecular weight excluding hydrogens is 420 g/mol. The predicted molar refractivity (Wildman–Crippen MR) is 99.4 cm³/mol. The highest BCUT2D eigenvalue weighted by molar-refractivity contribution is 5.79. The van der Waals surface area contributed by atoms with Crippen molar-refractivity contribution in [1.29, 1.82) is 0 Å². The zero-order chi connectivity index (χ0) is 22.7. The number of rotatable bonds is 7. The Bertz CT molecular complexity index is 745. The summed E-state index contributed by atoms with van der Waals surface area (Å²) >= 11 is 0. The minimum Gasteiger partial charge on any atom is -0.497 e. The van der Waals surface area contributed by atoms with Crippen molar-refractivity contribution < 1.29 is 59.1 Å². The maximum atomic E-state index is 11.3. The molecule has 2 fully saturated rings. The number of benzene rings is 1. The van der Waals surface area contributed by atoms with Crippen molar-refractivity contribution in [2.45, 2.75) is 55.3 Å². The molecule has 12 nitrogen and oxygen atoms in total. The first-order chi connectivity index (χ1) is 14.8. The first-order valence-electron chi connectivity index (χ1n) is 9.53. The molecule has 0 aliphatic carbocycles.